The summed E-state index contributed by atoms with van der Waals surface area (Å²) >= 11 is 0. The second kappa shape index (κ2) is 5.19. The molecule has 0 unspecified atom stereocenters. The summed E-state index contributed by atoms with van der Waals surface area (Å²) in [5, 5.41) is 0. The topological polar surface area (TPSA) is 9.23 Å². The Kier molecular flexibility index (Phi) is 3.06. The zero-order valence-corrected chi connectivity index (χ0v) is 11.8. The molecule has 0 saturated carbocycles. The largest absolute Gasteiger partial charge is 0.372 e. The molecule has 2 aliphatic rings. The Morgan fingerprint density at radius 1 is 0.810 bits per heavy atom. The molecule has 1 heteroatoms. The van der Waals surface area contributed by atoms with Crippen molar-refractivity contribution in [2.24, 2.45) is 0 Å². The number of fused-ring (bicyclic) bond motifs is 1. The predicted molar refractivity (Wildman–Crippen MR) is 87.6 cm³/mol. The second-order valence-corrected chi connectivity index (χ2v) is 5.39. The fourth-order valence-corrected chi connectivity index (χ4v) is 2.99. The van der Waals surface area contributed by atoms with Crippen molar-refractivity contribution < 1.29 is 4.74 Å². The highest BCUT2D eigenvalue weighted by molar-refractivity contribution is 5.93. The first kappa shape index (κ1) is 12.4. The van der Waals surface area contributed by atoms with Crippen LogP contribution in [-0.4, -0.2) is 13.2 Å². The minimum absolute atomic E-state index is 0.698. The van der Waals surface area contributed by atoms with Crippen molar-refractivity contribution >= 4 is 17.7 Å². The predicted octanol–water partition coefficient (Wildman–Crippen LogP) is 4.58. The van der Waals surface area contributed by atoms with Crippen molar-refractivity contribution in [3.8, 4) is 0 Å². The molecule has 0 radical (unpaired) electrons. The van der Waals surface area contributed by atoms with Gasteiger partial charge in [-0.1, -0.05) is 66.7 Å². The van der Waals surface area contributed by atoms with Gasteiger partial charge in [-0.05, 0) is 39.5 Å². The second-order valence-electron chi connectivity index (χ2n) is 5.39. The molecule has 1 saturated heterocycles. The first-order valence-electron chi connectivity index (χ1n) is 7.26. The Balaban J connectivity index is 1.80. The van der Waals surface area contributed by atoms with Gasteiger partial charge in [0.2, 0.25) is 0 Å². The monoisotopic (exact) mass is 272 g/mol. The molecule has 2 aromatic carbocycles. The summed E-state index contributed by atoms with van der Waals surface area (Å²) in [6.07, 6.45) is 6.65. The molecule has 0 amide bonds. The Morgan fingerprint density at radius 3 is 2.52 bits per heavy atom. The number of hydrogen-bond donors (Lipinski definition) is 0. The summed E-state index contributed by atoms with van der Waals surface area (Å²) in [5.74, 6) is 0. The molecule has 1 aliphatic heterocycles. The van der Waals surface area contributed by atoms with Crippen LogP contribution in [0.25, 0.3) is 17.7 Å². The van der Waals surface area contributed by atoms with Crippen molar-refractivity contribution in [3.05, 3.63) is 88.5 Å². The third-order valence-corrected chi connectivity index (χ3v) is 4.04. The number of allylic oxidation sites excluding steroid dienone is 2. The molecule has 0 atom stereocenters. The Hall–Kier alpha value is -2.38. The van der Waals surface area contributed by atoms with E-state index >= 15 is 0 Å². The molecule has 0 spiro atoms. The summed E-state index contributed by atoms with van der Waals surface area (Å²) in [6.45, 7) is 1.40. The van der Waals surface area contributed by atoms with Gasteiger partial charge in [-0.25, -0.2) is 0 Å². The highest BCUT2D eigenvalue weighted by atomic mass is 16.5. The van der Waals surface area contributed by atoms with Crippen LogP contribution in [0.15, 0.2) is 71.8 Å². The van der Waals surface area contributed by atoms with Crippen LogP contribution in [0.2, 0.25) is 0 Å². The Labute approximate surface area is 124 Å². The zero-order chi connectivity index (χ0) is 14.1. The molecule has 0 N–H and O–H groups in total. The van der Waals surface area contributed by atoms with E-state index in [2.05, 4.69) is 66.8 Å². The molecular formula is C20H16O. The molecule has 2 aromatic rings. The van der Waals surface area contributed by atoms with E-state index in [-0.39, 0.29) is 0 Å². The molecule has 0 aromatic heterocycles. The number of hydrogen-bond acceptors (Lipinski definition) is 1. The van der Waals surface area contributed by atoms with Gasteiger partial charge >= 0.3 is 0 Å². The van der Waals surface area contributed by atoms with Crippen molar-refractivity contribution in [3.63, 3.8) is 0 Å². The van der Waals surface area contributed by atoms with Crippen molar-refractivity contribution in [2.45, 2.75) is 0 Å². The average molecular weight is 272 g/mol. The minimum atomic E-state index is 0.698. The van der Waals surface area contributed by atoms with Crippen molar-refractivity contribution in [2.75, 3.05) is 13.2 Å². The minimum Gasteiger partial charge on any atom is -0.372 e. The van der Waals surface area contributed by atoms with Crippen LogP contribution in [0.3, 0.4) is 0 Å². The summed E-state index contributed by atoms with van der Waals surface area (Å²) in [7, 11) is 0. The maximum absolute atomic E-state index is 5.71. The molecular weight excluding hydrogens is 256 g/mol. The maximum Gasteiger partial charge on any atom is 0.0731 e. The standard InChI is InChI=1S/C20H16O/c1-2-6-15(7-3-1)12-17-13-21-14-20(17)19-11-10-16-8-4-5-9-18(16)19/h1-12H,13-14H2/b17-12+,20-19-. The summed E-state index contributed by atoms with van der Waals surface area (Å²) in [5.41, 5.74) is 7.76. The van der Waals surface area contributed by atoms with Crippen LogP contribution in [0.4, 0.5) is 0 Å². The maximum atomic E-state index is 5.71. The molecule has 1 aliphatic carbocycles. The lowest BCUT2D eigenvalue weighted by Crippen LogP contribution is -1.91. The van der Waals surface area contributed by atoms with E-state index in [4.69, 9.17) is 4.74 Å². The fourth-order valence-electron chi connectivity index (χ4n) is 2.99. The molecule has 1 heterocycles. The van der Waals surface area contributed by atoms with Crippen LogP contribution in [0.1, 0.15) is 16.7 Å². The van der Waals surface area contributed by atoms with Crippen molar-refractivity contribution in [1.82, 2.24) is 0 Å². The molecule has 1 fully saturated rings. The number of benzene rings is 2. The lowest BCUT2D eigenvalue weighted by atomic mass is 9.96. The molecule has 102 valence electrons. The van der Waals surface area contributed by atoms with Crippen LogP contribution < -0.4 is 0 Å². The van der Waals surface area contributed by atoms with Crippen LogP contribution in [0, 0.1) is 0 Å². The first-order valence-corrected chi connectivity index (χ1v) is 7.26. The molecule has 1 nitrogen and oxygen atoms in total. The van der Waals surface area contributed by atoms with Gasteiger partial charge in [-0.2, -0.15) is 0 Å². The molecule has 0 bridgehead atoms. The third kappa shape index (κ3) is 2.26. The summed E-state index contributed by atoms with van der Waals surface area (Å²) in [4.78, 5) is 0. The zero-order valence-electron chi connectivity index (χ0n) is 11.8. The lowest BCUT2D eigenvalue weighted by molar-refractivity contribution is 0.215. The fraction of sp³-hybridized carbons (Fsp3) is 0.100. The molecule has 21 heavy (non-hydrogen) atoms. The Bertz CT molecular complexity index is 763. The molecule has 4 rings (SSSR count). The quantitative estimate of drug-likeness (QED) is 0.738. The summed E-state index contributed by atoms with van der Waals surface area (Å²) < 4.78 is 5.71. The summed E-state index contributed by atoms with van der Waals surface area (Å²) in [6, 6.07) is 19.0. The highest BCUT2D eigenvalue weighted by Crippen LogP contribution is 2.36. The van der Waals surface area contributed by atoms with E-state index in [1.807, 2.05) is 6.07 Å². The van der Waals surface area contributed by atoms with Gasteiger partial charge in [-0.15, -0.1) is 0 Å². The van der Waals surface area contributed by atoms with Gasteiger partial charge in [0, 0.05) is 0 Å². The van der Waals surface area contributed by atoms with E-state index in [0.717, 1.165) is 0 Å². The third-order valence-electron chi connectivity index (χ3n) is 4.04. The van der Waals surface area contributed by atoms with E-state index in [0.29, 0.717) is 13.2 Å². The van der Waals surface area contributed by atoms with Crippen molar-refractivity contribution in [1.29, 1.82) is 0 Å². The number of rotatable bonds is 1. The van der Waals surface area contributed by atoms with E-state index < -0.39 is 0 Å². The SMILES string of the molecule is C1=Cc2ccccc2/C1=C1/COC/C1=C\c1ccccc1. The van der Waals surface area contributed by atoms with Crippen LogP contribution in [0.5, 0.6) is 0 Å². The van der Waals surface area contributed by atoms with E-state index in [1.54, 1.807) is 0 Å². The number of ether oxygens (including phenoxy) is 1. The normalized spacial score (nSPS) is 22.0. The van der Waals surface area contributed by atoms with Gasteiger partial charge in [0.15, 0.2) is 0 Å². The average Bonchev–Trinajstić information content (AvgIpc) is 3.14. The van der Waals surface area contributed by atoms with Gasteiger partial charge in [0.1, 0.15) is 0 Å². The van der Waals surface area contributed by atoms with E-state index in [1.165, 1.54) is 33.4 Å². The van der Waals surface area contributed by atoms with Gasteiger partial charge in [0.05, 0.1) is 13.2 Å². The first-order chi connectivity index (χ1) is 10.4. The van der Waals surface area contributed by atoms with E-state index in [9.17, 15) is 0 Å². The Morgan fingerprint density at radius 2 is 1.62 bits per heavy atom. The van der Waals surface area contributed by atoms with Crippen LogP contribution in [-0.2, 0) is 4.74 Å². The van der Waals surface area contributed by atoms with Gasteiger partial charge < -0.3 is 4.74 Å². The lowest BCUT2D eigenvalue weighted by Gasteiger charge is -2.06. The van der Waals surface area contributed by atoms with Crippen LogP contribution >= 0.6 is 0 Å². The van der Waals surface area contributed by atoms with Gasteiger partial charge in [-0.3, -0.25) is 0 Å². The smallest absolute Gasteiger partial charge is 0.0731 e. The highest BCUT2D eigenvalue weighted by Gasteiger charge is 2.21. The van der Waals surface area contributed by atoms with Gasteiger partial charge in [0.25, 0.3) is 0 Å².